The highest BCUT2D eigenvalue weighted by Crippen LogP contribution is 2.41. The van der Waals surface area contributed by atoms with Gasteiger partial charge >= 0.3 is 0 Å². The number of hydrogen-bond acceptors (Lipinski definition) is 3. The molecule has 1 aliphatic rings. The molecule has 4 heteroatoms. The van der Waals surface area contributed by atoms with Gasteiger partial charge in [0.05, 0.1) is 5.75 Å². The first-order chi connectivity index (χ1) is 7.69. The van der Waals surface area contributed by atoms with Crippen molar-refractivity contribution in [3.05, 3.63) is 35.9 Å². The summed E-state index contributed by atoms with van der Waals surface area (Å²) in [5.41, 5.74) is 0.965. The van der Waals surface area contributed by atoms with Crippen molar-refractivity contribution in [1.29, 1.82) is 0 Å². The molecule has 1 atom stereocenters. The molecule has 1 aliphatic heterocycles. The van der Waals surface area contributed by atoms with Gasteiger partial charge in [-0.15, -0.1) is 11.8 Å². The first kappa shape index (κ1) is 11.2. The van der Waals surface area contributed by atoms with Crippen LogP contribution in [0.25, 0.3) is 0 Å². The van der Waals surface area contributed by atoms with Gasteiger partial charge in [-0.25, -0.2) is 0 Å². The highest BCUT2D eigenvalue weighted by atomic mass is 32.2. The topological polar surface area (TPSA) is 46.2 Å². The van der Waals surface area contributed by atoms with Crippen molar-refractivity contribution in [3.63, 3.8) is 0 Å². The minimum Gasteiger partial charge on any atom is -0.294 e. The van der Waals surface area contributed by atoms with Gasteiger partial charge in [-0.1, -0.05) is 37.3 Å². The summed E-state index contributed by atoms with van der Waals surface area (Å²) >= 11 is 1.42. The Morgan fingerprint density at radius 2 is 2.00 bits per heavy atom. The lowest BCUT2D eigenvalue weighted by Gasteiger charge is -2.34. The van der Waals surface area contributed by atoms with E-state index in [-0.39, 0.29) is 11.8 Å². The molecule has 0 aliphatic carbocycles. The molecule has 1 heterocycles. The van der Waals surface area contributed by atoms with Crippen molar-refractivity contribution < 1.29 is 9.59 Å². The highest BCUT2D eigenvalue weighted by Gasteiger charge is 2.43. The number of imide groups is 1. The smallest absolute Gasteiger partial charge is 0.247 e. The van der Waals surface area contributed by atoms with E-state index in [1.165, 1.54) is 11.8 Å². The van der Waals surface area contributed by atoms with Crippen molar-refractivity contribution in [1.82, 2.24) is 5.32 Å². The maximum absolute atomic E-state index is 12.0. The SMILES string of the molecule is CC[C@]1(c2ccccc2)SCC(=O)NC1=O. The van der Waals surface area contributed by atoms with Crippen LogP contribution in [-0.2, 0) is 14.3 Å². The average molecular weight is 235 g/mol. The van der Waals surface area contributed by atoms with Crippen LogP contribution in [-0.4, -0.2) is 17.6 Å². The van der Waals surface area contributed by atoms with Gasteiger partial charge in [-0.2, -0.15) is 0 Å². The van der Waals surface area contributed by atoms with Crippen LogP contribution in [0.15, 0.2) is 30.3 Å². The second-order valence-corrected chi connectivity index (χ2v) is 4.99. The van der Waals surface area contributed by atoms with Crippen LogP contribution in [0.3, 0.4) is 0 Å². The lowest BCUT2D eigenvalue weighted by Crippen LogP contribution is -2.50. The molecule has 0 bridgehead atoms. The monoisotopic (exact) mass is 235 g/mol. The van der Waals surface area contributed by atoms with Crippen LogP contribution in [0.2, 0.25) is 0 Å². The summed E-state index contributed by atoms with van der Waals surface area (Å²) in [5, 5.41) is 2.42. The standard InChI is InChI=1S/C12H13NO2S/c1-2-12(9-6-4-3-5-7-9)11(15)13-10(14)8-16-12/h3-7H,2,8H2,1H3,(H,13,14,15)/t12-/m1/s1. The Labute approximate surface area is 98.6 Å². The normalized spacial score (nSPS) is 25.3. The van der Waals surface area contributed by atoms with E-state index >= 15 is 0 Å². The van der Waals surface area contributed by atoms with E-state index in [2.05, 4.69) is 5.32 Å². The summed E-state index contributed by atoms with van der Waals surface area (Å²) in [7, 11) is 0. The van der Waals surface area contributed by atoms with Crippen molar-refractivity contribution in [2.75, 3.05) is 5.75 Å². The number of rotatable bonds is 2. The van der Waals surface area contributed by atoms with E-state index in [9.17, 15) is 9.59 Å². The Morgan fingerprint density at radius 3 is 2.56 bits per heavy atom. The predicted molar refractivity (Wildman–Crippen MR) is 64.0 cm³/mol. The lowest BCUT2D eigenvalue weighted by atomic mass is 9.94. The Morgan fingerprint density at radius 1 is 1.31 bits per heavy atom. The summed E-state index contributed by atoms with van der Waals surface area (Å²) < 4.78 is -0.602. The lowest BCUT2D eigenvalue weighted by molar-refractivity contribution is -0.131. The van der Waals surface area contributed by atoms with E-state index in [1.54, 1.807) is 0 Å². The Balaban J connectivity index is 2.40. The molecule has 0 saturated carbocycles. The van der Waals surface area contributed by atoms with Gasteiger partial charge in [0, 0.05) is 0 Å². The third kappa shape index (κ3) is 1.73. The molecule has 1 aromatic carbocycles. The van der Waals surface area contributed by atoms with Crippen LogP contribution < -0.4 is 5.32 Å². The molecule has 1 N–H and O–H groups in total. The van der Waals surface area contributed by atoms with Crippen LogP contribution in [0.1, 0.15) is 18.9 Å². The zero-order valence-corrected chi connectivity index (χ0v) is 9.84. The molecule has 1 fully saturated rings. The number of nitrogens with one attached hydrogen (secondary N) is 1. The summed E-state index contributed by atoms with van der Waals surface area (Å²) in [6, 6.07) is 9.62. The van der Waals surface area contributed by atoms with Crippen LogP contribution in [0, 0.1) is 0 Å². The molecule has 3 nitrogen and oxygen atoms in total. The Bertz CT molecular complexity index is 418. The third-order valence-corrected chi connectivity index (χ3v) is 4.42. The fraction of sp³-hybridized carbons (Fsp3) is 0.333. The second-order valence-electron chi connectivity index (χ2n) is 3.71. The molecule has 16 heavy (non-hydrogen) atoms. The fourth-order valence-electron chi connectivity index (χ4n) is 1.91. The van der Waals surface area contributed by atoms with E-state index in [1.807, 2.05) is 37.3 Å². The molecule has 84 valence electrons. The maximum atomic E-state index is 12.0. The van der Waals surface area contributed by atoms with E-state index in [4.69, 9.17) is 0 Å². The first-order valence-electron chi connectivity index (χ1n) is 5.23. The molecular formula is C12H13NO2S. The molecule has 0 aromatic heterocycles. The molecule has 1 aromatic rings. The number of hydrogen-bond donors (Lipinski definition) is 1. The number of carbonyl (C=O) groups is 2. The highest BCUT2D eigenvalue weighted by molar-refractivity contribution is 8.01. The molecule has 2 amide bonds. The van der Waals surface area contributed by atoms with Crippen LogP contribution >= 0.6 is 11.8 Å². The molecular weight excluding hydrogens is 222 g/mol. The van der Waals surface area contributed by atoms with Crippen LogP contribution in [0.4, 0.5) is 0 Å². The summed E-state index contributed by atoms with van der Waals surface area (Å²) in [5.74, 6) is -0.0495. The fourth-order valence-corrected chi connectivity index (χ4v) is 3.05. The molecule has 0 spiro atoms. The Kier molecular flexibility index (Phi) is 3.01. The van der Waals surface area contributed by atoms with Gasteiger partial charge in [0.25, 0.3) is 0 Å². The molecule has 0 unspecified atom stereocenters. The van der Waals surface area contributed by atoms with E-state index < -0.39 is 4.75 Å². The zero-order chi connectivity index (χ0) is 11.6. The quantitative estimate of drug-likeness (QED) is 0.793. The maximum Gasteiger partial charge on any atom is 0.247 e. The number of benzene rings is 1. The summed E-state index contributed by atoms with van der Waals surface area (Å²) in [4.78, 5) is 23.2. The van der Waals surface area contributed by atoms with Crippen LogP contribution in [0.5, 0.6) is 0 Å². The van der Waals surface area contributed by atoms with Crippen molar-refractivity contribution in [3.8, 4) is 0 Å². The van der Waals surface area contributed by atoms with Gasteiger partial charge in [0.15, 0.2) is 0 Å². The summed E-state index contributed by atoms with van der Waals surface area (Å²) in [6.45, 7) is 1.97. The van der Waals surface area contributed by atoms with Crippen molar-refractivity contribution in [2.45, 2.75) is 18.1 Å². The minimum absolute atomic E-state index is 0.192. The minimum atomic E-state index is -0.602. The van der Waals surface area contributed by atoms with Gasteiger partial charge in [-0.05, 0) is 12.0 Å². The third-order valence-electron chi connectivity index (χ3n) is 2.81. The van der Waals surface area contributed by atoms with Crippen molar-refractivity contribution in [2.24, 2.45) is 0 Å². The first-order valence-corrected chi connectivity index (χ1v) is 6.21. The van der Waals surface area contributed by atoms with E-state index in [0.29, 0.717) is 12.2 Å². The van der Waals surface area contributed by atoms with E-state index in [0.717, 1.165) is 5.56 Å². The van der Waals surface area contributed by atoms with Gasteiger partial charge in [0.1, 0.15) is 4.75 Å². The molecule has 0 radical (unpaired) electrons. The zero-order valence-electron chi connectivity index (χ0n) is 9.03. The number of amides is 2. The summed E-state index contributed by atoms with van der Waals surface area (Å²) in [6.07, 6.45) is 0.681. The molecule has 2 rings (SSSR count). The second kappa shape index (κ2) is 4.29. The number of carbonyl (C=O) groups excluding carboxylic acids is 2. The van der Waals surface area contributed by atoms with Crippen molar-refractivity contribution >= 4 is 23.6 Å². The van der Waals surface area contributed by atoms with Gasteiger partial charge in [-0.3, -0.25) is 14.9 Å². The van der Waals surface area contributed by atoms with Gasteiger partial charge in [0.2, 0.25) is 11.8 Å². The predicted octanol–water partition coefficient (Wildman–Crippen LogP) is 1.68. The Hall–Kier alpha value is -1.29. The largest absolute Gasteiger partial charge is 0.294 e. The molecule has 1 saturated heterocycles. The van der Waals surface area contributed by atoms with Gasteiger partial charge < -0.3 is 0 Å². The average Bonchev–Trinajstić information content (AvgIpc) is 2.31. The number of thioether (sulfide) groups is 1.